The molecule has 0 saturated carbocycles. The summed E-state index contributed by atoms with van der Waals surface area (Å²) in [6.45, 7) is 11.0. The van der Waals surface area contributed by atoms with E-state index in [4.69, 9.17) is 4.99 Å². The van der Waals surface area contributed by atoms with Gasteiger partial charge in [0.05, 0.1) is 12.6 Å². The monoisotopic (exact) mass is 486 g/mol. The maximum Gasteiger partial charge on any atom is 0.194 e. The molecule has 1 aromatic carbocycles. The number of hydrogen-bond acceptors (Lipinski definition) is 3. The Balaban J connectivity index is 0.00000261. The van der Waals surface area contributed by atoms with Gasteiger partial charge in [0.25, 0.3) is 0 Å². The third-order valence-corrected chi connectivity index (χ3v) is 5.38. The highest BCUT2D eigenvalue weighted by molar-refractivity contribution is 14.0. The number of β-amino-alcohol motifs (C(OH)–C–C–N with tert-alkyl or cyclic N) is 1. The van der Waals surface area contributed by atoms with Gasteiger partial charge in [-0.3, -0.25) is 4.90 Å². The van der Waals surface area contributed by atoms with E-state index in [9.17, 15) is 5.11 Å². The number of benzene rings is 1. The van der Waals surface area contributed by atoms with Crippen molar-refractivity contribution in [3.63, 3.8) is 0 Å². The lowest BCUT2D eigenvalue weighted by Crippen LogP contribution is -2.40. The van der Waals surface area contributed by atoms with Crippen molar-refractivity contribution < 1.29 is 5.11 Å². The molecule has 0 radical (unpaired) electrons. The van der Waals surface area contributed by atoms with Crippen LogP contribution in [0.15, 0.2) is 29.3 Å². The van der Waals surface area contributed by atoms with E-state index in [1.807, 2.05) is 0 Å². The van der Waals surface area contributed by atoms with Gasteiger partial charge in [-0.15, -0.1) is 24.0 Å². The van der Waals surface area contributed by atoms with Crippen LogP contribution in [0.2, 0.25) is 0 Å². The Labute approximate surface area is 181 Å². The number of guanidine groups is 1. The van der Waals surface area contributed by atoms with E-state index < -0.39 is 0 Å². The Hall–Kier alpha value is -0.860. The van der Waals surface area contributed by atoms with Gasteiger partial charge in [-0.05, 0) is 49.8 Å². The number of likely N-dealkylation sites (tertiary alicyclic amines) is 2. The maximum atomic E-state index is 9.76. The zero-order chi connectivity index (χ0) is 18.4. The molecule has 2 N–H and O–H groups in total. The van der Waals surface area contributed by atoms with Gasteiger partial charge >= 0.3 is 0 Å². The largest absolute Gasteiger partial charge is 0.391 e. The van der Waals surface area contributed by atoms with Gasteiger partial charge in [-0.25, -0.2) is 4.99 Å². The molecule has 1 aromatic rings. The molecule has 0 aromatic heterocycles. The van der Waals surface area contributed by atoms with Crippen LogP contribution in [0.3, 0.4) is 0 Å². The van der Waals surface area contributed by atoms with Gasteiger partial charge in [-0.1, -0.05) is 31.2 Å². The molecule has 3 rings (SSSR count). The lowest BCUT2D eigenvalue weighted by Gasteiger charge is -2.30. The van der Waals surface area contributed by atoms with Crippen LogP contribution in [0.25, 0.3) is 0 Å². The van der Waals surface area contributed by atoms with Crippen molar-refractivity contribution in [2.24, 2.45) is 10.9 Å². The summed E-state index contributed by atoms with van der Waals surface area (Å²) < 4.78 is 0. The third kappa shape index (κ3) is 6.91. The molecule has 2 fully saturated rings. The molecule has 27 heavy (non-hydrogen) atoms. The normalized spacial score (nSPS) is 24.0. The van der Waals surface area contributed by atoms with Crippen LogP contribution in [-0.4, -0.2) is 59.7 Å². The lowest BCUT2D eigenvalue weighted by molar-refractivity contribution is 0.176. The van der Waals surface area contributed by atoms with E-state index in [-0.39, 0.29) is 30.1 Å². The summed E-state index contributed by atoms with van der Waals surface area (Å²) in [6.07, 6.45) is 3.30. The molecule has 2 aliphatic rings. The molecular formula is C21H35IN4O. The average Bonchev–Trinajstić information content (AvgIpc) is 3.06. The third-order valence-electron chi connectivity index (χ3n) is 5.38. The van der Waals surface area contributed by atoms with Crippen LogP contribution in [0, 0.1) is 5.92 Å². The minimum atomic E-state index is -0.226. The van der Waals surface area contributed by atoms with Crippen molar-refractivity contribution in [2.45, 2.75) is 52.3 Å². The number of aliphatic hydroxyl groups is 1. The maximum absolute atomic E-state index is 9.76. The van der Waals surface area contributed by atoms with Gasteiger partial charge in [0, 0.05) is 32.7 Å². The number of aliphatic imine (C=N–C) groups is 1. The number of rotatable bonds is 5. The van der Waals surface area contributed by atoms with Crippen LogP contribution >= 0.6 is 24.0 Å². The predicted molar refractivity (Wildman–Crippen MR) is 123 cm³/mol. The lowest BCUT2D eigenvalue weighted by atomic mass is 9.99. The standard InChI is InChI=1S/C21H34N4O.HI/c1-3-22-21(25-12-10-20(26)16-25)23-13-18-6-8-19(9-7-18)15-24-11-4-5-17(2)14-24;/h6-9,17,20,26H,3-5,10-16H2,1-2H3,(H,22,23);1H/t17?,20-;/m1./s1. The summed E-state index contributed by atoms with van der Waals surface area (Å²) >= 11 is 0. The first-order chi connectivity index (χ1) is 12.6. The van der Waals surface area contributed by atoms with Crippen LogP contribution in [0.1, 0.15) is 44.2 Å². The smallest absolute Gasteiger partial charge is 0.194 e. The van der Waals surface area contributed by atoms with Crippen molar-refractivity contribution in [3.8, 4) is 0 Å². The van der Waals surface area contributed by atoms with E-state index in [2.05, 4.69) is 53.2 Å². The highest BCUT2D eigenvalue weighted by atomic mass is 127. The molecule has 5 nitrogen and oxygen atoms in total. The van der Waals surface area contributed by atoms with Crippen molar-refractivity contribution >= 4 is 29.9 Å². The number of nitrogens with zero attached hydrogens (tertiary/aromatic N) is 3. The molecule has 0 spiro atoms. The van der Waals surface area contributed by atoms with Gasteiger partial charge in [-0.2, -0.15) is 0 Å². The van der Waals surface area contributed by atoms with Crippen molar-refractivity contribution in [2.75, 3.05) is 32.7 Å². The molecule has 0 aliphatic carbocycles. The van der Waals surface area contributed by atoms with E-state index in [0.717, 1.165) is 37.9 Å². The topological polar surface area (TPSA) is 51.1 Å². The fourth-order valence-corrected chi connectivity index (χ4v) is 3.96. The molecule has 0 bridgehead atoms. The first kappa shape index (κ1) is 22.4. The molecule has 0 amide bonds. The zero-order valence-electron chi connectivity index (χ0n) is 16.7. The minimum Gasteiger partial charge on any atom is -0.391 e. The molecule has 2 aliphatic heterocycles. The summed E-state index contributed by atoms with van der Waals surface area (Å²) in [4.78, 5) is 9.49. The molecule has 1 unspecified atom stereocenters. The van der Waals surface area contributed by atoms with Gasteiger partial charge < -0.3 is 15.3 Å². The van der Waals surface area contributed by atoms with E-state index in [0.29, 0.717) is 13.1 Å². The average molecular weight is 486 g/mol. The second kappa shape index (κ2) is 11.2. The van der Waals surface area contributed by atoms with Crippen molar-refractivity contribution in [3.05, 3.63) is 35.4 Å². The molecule has 2 saturated heterocycles. The molecule has 6 heteroatoms. The second-order valence-electron chi connectivity index (χ2n) is 7.86. The Morgan fingerprint density at radius 2 is 1.89 bits per heavy atom. The summed E-state index contributed by atoms with van der Waals surface area (Å²) in [7, 11) is 0. The Morgan fingerprint density at radius 1 is 1.15 bits per heavy atom. The van der Waals surface area contributed by atoms with Gasteiger partial charge in [0.1, 0.15) is 0 Å². The summed E-state index contributed by atoms with van der Waals surface area (Å²) in [6, 6.07) is 8.90. The predicted octanol–water partition coefficient (Wildman–Crippen LogP) is 3.07. The highest BCUT2D eigenvalue weighted by Gasteiger charge is 2.22. The summed E-state index contributed by atoms with van der Waals surface area (Å²) in [5.74, 6) is 1.74. The van der Waals surface area contributed by atoms with Crippen molar-refractivity contribution in [1.82, 2.24) is 15.1 Å². The van der Waals surface area contributed by atoms with E-state index in [1.54, 1.807) is 0 Å². The number of aliphatic hydroxyl groups excluding tert-OH is 1. The number of nitrogens with one attached hydrogen (secondary N) is 1. The van der Waals surface area contributed by atoms with Crippen LogP contribution in [-0.2, 0) is 13.1 Å². The van der Waals surface area contributed by atoms with Gasteiger partial charge in [0.15, 0.2) is 5.96 Å². The van der Waals surface area contributed by atoms with E-state index in [1.165, 1.54) is 37.1 Å². The quantitative estimate of drug-likeness (QED) is 0.382. The SMILES string of the molecule is CCNC(=NCc1ccc(CN2CCCC(C)C2)cc1)N1CC[C@@H](O)C1.I. The summed E-state index contributed by atoms with van der Waals surface area (Å²) in [5.41, 5.74) is 2.62. The first-order valence-electron chi connectivity index (χ1n) is 10.2. The zero-order valence-corrected chi connectivity index (χ0v) is 19.1. The molecule has 152 valence electrons. The number of piperidine rings is 1. The van der Waals surface area contributed by atoms with Crippen LogP contribution in [0.5, 0.6) is 0 Å². The van der Waals surface area contributed by atoms with Crippen LogP contribution < -0.4 is 5.32 Å². The molecule has 2 atom stereocenters. The second-order valence-corrected chi connectivity index (χ2v) is 7.86. The highest BCUT2D eigenvalue weighted by Crippen LogP contribution is 2.18. The number of halogens is 1. The Bertz CT molecular complexity index is 592. The Morgan fingerprint density at radius 3 is 2.52 bits per heavy atom. The van der Waals surface area contributed by atoms with Crippen LogP contribution in [0.4, 0.5) is 0 Å². The fraction of sp³-hybridized carbons (Fsp3) is 0.667. The minimum absolute atomic E-state index is 0. The number of hydrogen-bond donors (Lipinski definition) is 2. The first-order valence-corrected chi connectivity index (χ1v) is 10.2. The van der Waals surface area contributed by atoms with Crippen molar-refractivity contribution in [1.29, 1.82) is 0 Å². The Kier molecular flexibility index (Phi) is 9.32. The molecular weight excluding hydrogens is 451 g/mol. The molecule has 2 heterocycles. The fourth-order valence-electron chi connectivity index (χ4n) is 3.96. The van der Waals surface area contributed by atoms with Gasteiger partial charge in [0.2, 0.25) is 0 Å². The van der Waals surface area contributed by atoms with E-state index >= 15 is 0 Å². The summed E-state index contributed by atoms with van der Waals surface area (Å²) in [5, 5.41) is 13.1.